The van der Waals surface area contributed by atoms with Crippen LogP contribution in [0.5, 0.6) is 0 Å². The SMILES string of the molecule is CC(C)C(N)CC1CCN(c2ccc(F)cc2)C1. The van der Waals surface area contributed by atoms with Gasteiger partial charge < -0.3 is 10.6 Å². The fraction of sp³-hybridized carbons (Fsp3) is 0.600. The van der Waals surface area contributed by atoms with Gasteiger partial charge in [-0.25, -0.2) is 4.39 Å². The molecule has 2 nitrogen and oxygen atoms in total. The zero-order valence-corrected chi connectivity index (χ0v) is 11.3. The van der Waals surface area contributed by atoms with Gasteiger partial charge in [-0.05, 0) is 48.9 Å². The van der Waals surface area contributed by atoms with E-state index in [2.05, 4.69) is 18.7 Å². The van der Waals surface area contributed by atoms with E-state index in [-0.39, 0.29) is 5.82 Å². The summed E-state index contributed by atoms with van der Waals surface area (Å²) in [6.45, 7) is 6.46. The van der Waals surface area contributed by atoms with Gasteiger partial charge in [-0.2, -0.15) is 0 Å². The van der Waals surface area contributed by atoms with Crippen LogP contribution in [0.4, 0.5) is 10.1 Å². The second-order valence-electron chi connectivity index (χ2n) is 5.72. The van der Waals surface area contributed by atoms with Gasteiger partial charge in [0.25, 0.3) is 0 Å². The van der Waals surface area contributed by atoms with E-state index in [4.69, 9.17) is 5.73 Å². The zero-order valence-electron chi connectivity index (χ0n) is 11.3. The lowest BCUT2D eigenvalue weighted by Gasteiger charge is -2.21. The van der Waals surface area contributed by atoms with Crippen LogP contribution in [0.3, 0.4) is 0 Å². The van der Waals surface area contributed by atoms with Gasteiger partial charge in [0.05, 0.1) is 0 Å². The molecule has 100 valence electrons. The largest absolute Gasteiger partial charge is 0.371 e. The Kier molecular flexibility index (Phi) is 4.23. The van der Waals surface area contributed by atoms with E-state index in [0.29, 0.717) is 17.9 Å². The number of anilines is 1. The number of halogens is 1. The highest BCUT2D eigenvalue weighted by atomic mass is 19.1. The number of nitrogens with zero attached hydrogens (tertiary/aromatic N) is 1. The highest BCUT2D eigenvalue weighted by Crippen LogP contribution is 2.27. The van der Waals surface area contributed by atoms with Crippen LogP contribution in [-0.4, -0.2) is 19.1 Å². The predicted octanol–water partition coefficient (Wildman–Crippen LogP) is 3.03. The highest BCUT2D eigenvalue weighted by molar-refractivity contribution is 5.47. The Morgan fingerprint density at radius 1 is 1.33 bits per heavy atom. The smallest absolute Gasteiger partial charge is 0.123 e. The van der Waals surface area contributed by atoms with Crippen LogP contribution < -0.4 is 10.6 Å². The summed E-state index contributed by atoms with van der Waals surface area (Å²) >= 11 is 0. The Bertz CT molecular complexity index is 375. The first-order valence-electron chi connectivity index (χ1n) is 6.82. The molecule has 0 saturated carbocycles. The van der Waals surface area contributed by atoms with Crippen molar-refractivity contribution < 1.29 is 4.39 Å². The molecule has 0 spiro atoms. The molecular formula is C15H23FN2. The number of nitrogens with two attached hydrogens (primary N) is 1. The summed E-state index contributed by atoms with van der Waals surface area (Å²) in [6.07, 6.45) is 2.28. The van der Waals surface area contributed by atoms with E-state index in [9.17, 15) is 4.39 Å². The molecule has 1 heterocycles. The third-order valence-corrected chi connectivity index (χ3v) is 3.94. The zero-order chi connectivity index (χ0) is 13.1. The first kappa shape index (κ1) is 13.3. The maximum absolute atomic E-state index is 12.9. The molecule has 0 radical (unpaired) electrons. The van der Waals surface area contributed by atoms with Crippen molar-refractivity contribution in [2.24, 2.45) is 17.6 Å². The van der Waals surface area contributed by atoms with Crippen LogP contribution >= 0.6 is 0 Å². The summed E-state index contributed by atoms with van der Waals surface area (Å²) in [4.78, 5) is 2.33. The van der Waals surface area contributed by atoms with Crippen LogP contribution in [0.15, 0.2) is 24.3 Å². The first-order chi connectivity index (χ1) is 8.56. The molecule has 0 aliphatic carbocycles. The van der Waals surface area contributed by atoms with Gasteiger partial charge in [-0.1, -0.05) is 13.8 Å². The Labute approximate surface area is 109 Å². The van der Waals surface area contributed by atoms with Crippen molar-refractivity contribution in [2.75, 3.05) is 18.0 Å². The van der Waals surface area contributed by atoms with Crippen LogP contribution in [0, 0.1) is 17.7 Å². The van der Waals surface area contributed by atoms with E-state index in [1.54, 1.807) is 0 Å². The average molecular weight is 250 g/mol. The van der Waals surface area contributed by atoms with Crippen molar-refractivity contribution >= 4 is 5.69 Å². The molecule has 18 heavy (non-hydrogen) atoms. The van der Waals surface area contributed by atoms with Crippen molar-refractivity contribution in [1.29, 1.82) is 0 Å². The maximum Gasteiger partial charge on any atom is 0.123 e. The van der Waals surface area contributed by atoms with Crippen molar-refractivity contribution in [2.45, 2.75) is 32.7 Å². The van der Waals surface area contributed by atoms with Crippen LogP contribution in [0.2, 0.25) is 0 Å². The lowest BCUT2D eigenvalue weighted by Crippen LogP contribution is -2.30. The van der Waals surface area contributed by atoms with Gasteiger partial charge in [0.15, 0.2) is 0 Å². The van der Waals surface area contributed by atoms with E-state index in [1.807, 2.05) is 12.1 Å². The summed E-state index contributed by atoms with van der Waals surface area (Å²) in [5, 5.41) is 0. The minimum Gasteiger partial charge on any atom is -0.371 e. The molecule has 0 aromatic heterocycles. The second kappa shape index (κ2) is 5.70. The second-order valence-corrected chi connectivity index (χ2v) is 5.72. The standard InChI is InChI=1S/C15H23FN2/c1-11(2)15(17)9-12-7-8-18(10-12)14-5-3-13(16)4-6-14/h3-6,11-12,15H,7-10,17H2,1-2H3. The van der Waals surface area contributed by atoms with Crippen LogP contribution in [0.1, 0.15) is 26.7 Å². The lowest BCUT2D eigenvalue weighted by atomic mass is 9.93. The molecule has 2 atom stereocenters. The molecule has 0 bridgehead atoms. The van der Waals surface area contributed by atoms with E-state index < -0.39 is 0 Å². The molecule has 0 amide bonds. The third kappa shape index (κ3) is 3.22. The number of hydrogen-bond donors (Lipinski definition) is 1. The molecule has 2 N–H and O–H groups in total. The third-order valence-electron chi connectivity index (χ3n) is 3.94. The minimum absolute atomic E-state index is 0.170. The Balaban J connectivity index is 1.90. The summed E-state index contributed by atoms with van der Waals surface area (Å²) < 4.78 is 12.9. The first-order valence-corrected chi connectivity index (χ1v) is 6.82. The minimum atomic E-state index is -0.170. The van der Waals surface area contributed by atoms with E-state index >= 15 is 0 Å². The van der Waals surface area contributed by atoms with Gasteiger partial charge in [0.1, 0.15) is 5.82 Å². The summed E-state index contributed by atoms with van der Waals surface area (Å²) in [7, 11) is 0. The molecule has 1 fully saturated rings. The summed E-state index contributed by atoms with van der Waals surface area (Å²) in [6, 6.07) is 7.08. The molecule has 1 saturated heterocycles. The Morgan fingerprint density at radius 2 is 2.00 bits per heavy atom. The van der Waals surface area contributed by atoms with E-state index in [0.717, 1.165) is 25.2 Å². The van der Waals surface area contributed by atoms with Gasteiger partial charge in [-0.3, -0.25) is 0 Å². The molecular weight excluding hydrogens is 227 g/mol. The normalized spacial score (nSPS) is 21.6. The maximum atomic E-state index is 12.9. The van der Waals surface area contributed by atoms with E-state index in [1.165, 1.54) is 18.6 Å². The Morgan fingerprint density at radius 3 is 2.61 bits per heavy atom. The lowest BCUT2D eigenvalue weighted by molar-refractivity contribution is 0.391. The van der Waals surface area contributed by atoms with Crippen molar-refractivity contribution in [3.8, 4) is 0 Å². The van der Waals surface area contributed by atoms with Gasteiger partial charge >= 0.3 is 0 Å². The van der Waals surface area contributed by atoms with Crippen molar-refractivity contribution in [3.63, 3.8) is 0 Å². The van der Waals surface area contributed by atoms with Crippen molar-refractivity contribution in [1.82, 2.24) is 0 Å². The number of benzene rings is 1. The van der Waals surface area contributed by atoms with Crippen LogP contribution in [0.25, 0.3) is 0 Å². The molecule has 1 aromatic carbocycles. The fourth-order valence-electron chi connectivity index (χ4n) is 2.57. The predicted molar refractivity (Wildman–Crippen MR) is 74.2 cm³/mol. The number of rotatable bonds is 4. The Hall–Kier alpha value is -1.09. The quantitative estimate of drug-likeness (QED) is 0.890. The monoisotopic (exact) mass is 250 g/mol. The topological polar surface area (TPSA) is 29.3 Å². The summed E-state index contributed by atoms with van der Waals surface area (Å²) in [5.41, 5.74) is 7.25. The molecule has 3 heteroatoms. The summed E-state index contributed by atoms with van der Waals surface area (Å²) in [5.74, 6) is 1.05. The average Bonchev–Trinajstić information content (AvgIpc) is 2.78. The molecule has 1 aliphatic rings. The molecule has 1 aliphatic heterocycles. The molecule has 1 aromatic rings. The number of hydrogen-bond acceptors (Lipinski definition) is 2. The fourth-order valence-corrected chi connectivity index (χ4v) is 2.57. The molecule has 2 rings (SSSR count). The van der Waals surface area contributed by atoms with Gasteiger partial charge in [0, 0.05) is 24.8 Å². The van der Waals surface area contributed by atoms with Gasteiger partial charge in [-0.15, -0.1) is 0 Å². The van der Waals surface area contributed by atoms with Crippen molar-refractivity contribution in [3.05, 3.63) is 30.1 Å². The highest BCUT2D eigenvalue weighted by Gasteiger charge is 2.25. The molecule has 2 unspecified atom stereocenters. The van der Waals surface area contributed by atoms with Crippen LogP contribution in [-0.2, 0) is 0 Å². The van der Waals surface area contributed by atoms with Gasteiger partial charge in [0.2, 0.25) is 0 Å².